The zero-order valence-electron chi connectivity index (χ0n) is 15.4. The summed E-state index contributed by atoms with van der Waals surface area (Å²) in [5.74, 6) is -0.219. The van der Waals surface area contributed by atoms with Gasteiger partial charge in [-0.05, 0) is 43.7 Å². The molecule has 0 aliphatic heterocycles. The van der Waals surface area contributed by atoms with Gasteiger partial charge in [0.05, 0.1) is 12.8 Å². The van der Waals surface area contributed by atoms with Crippen LogP contribution in [0.4, 0.5) is 5.13 Å². The van der Waals surface area contributed by atoms with E-state index in [9.17, 15) is 9.59 Å². The summed E-state index contributed by atoms with van der Waals surface area (Å²) in [6, 6.07) is 6.86. The van der Waals surface area contributed by atoms with E-state index < -0.39 is 12.1 Å². The molecule has 28 heavy (non-hydrogen) atoms. The maximum Gasteiger partial charge on any atom is 0.354 e. The van der Waals surface area contributed by atoms with E-state index in [1.165, 1.54) is 18.4 Å². The fraction of sp³-hybridized carbons (Fsp3) is 0.211. The van der Waals surface area contributed by atoms with Crippen LogP contribution < -0.4 is 10.1 Å². The Balaban J connectivity index is 1.63. The lowest BCUT2D eigenvalue weighted by Gasteiger charge is -2.14. The number of nitrogens with one attached hydrogen (secondary N) is 2. The lowest BCUT2D eigenvalue weighted by Crippen LogP contribution is -2.30. The van der Waals surface area contributed by atoms with E-state index >= 15 is 0 Å². The SMILES string of the molecule is COC(=O)c1cc(-c2csc(NC(=O)C(C)Oc3ccc(Cl)c(C)c3)n2)c[nH]1. The van der Waals surface area contributed by atoms with Gasteiger partial charge < -0.3 is 14.5 Å². The number of hydrogen-bond donors (Lipinski definition) is 2. The van der Waals surface area contributed by atoms with Crippen molar-refractivity contribution in [1.29, 1.82) is 0 Å². The summed E-state index contributed by atoms with van der Waals surface area (Å²) >= 11 is 7.28. The van der Waals surface area contributed by atoms with E-state index in [2.05, 4.69) is 20.0 Å². The first-order valence-corrected chi connectivity index (χ1v) is 9.59. The van der Waals surface area contributed by atoms with Gasteiger partial charge in [0.15, 0.2) is 11.2 Å². The number of halogens is 1. The van der Waals surface area contributed by atoms with Crippen LogP contribution in [0.3, 0.4) is 0 Å². The highest BCUT2D eigenvalue weighted by Gasteiger charge is 2.18. The van der Waals surface area contributed by atoms with Gasteiger partial charge in [-0.3, -0.25) is 10.1 Å². The number of ether oxygens (including phenoxy) is 2. The molecular formula is C19H18ClN3O4S. The molecule has 1 unspecified atom stereocenters. The van der Waals surface area contributed by atoms with Crippen LogP contribution in [0.15, 0.2) is 35.8 Å². The van der Waals surface area contributed by atoms with Gasteiger partial charge in [0.2, 0.25) is 0 Å². The smallest absolute Gasteiger partial charge is 0.354 e. The van der Waals surface area contributed by atoms with Crippen LogP contribution in [-0.4, -0.2) is 35.1 Å². The van der Waals surface area contributed by atoms with Crippen LogP contribution in [0.5, 0.6) is 5.75 Å². The zero-order chi connectivity index (χ0) is 20.3. The average molecular weight is 420 g/mol. The highest BCUT2D eigenvalue weighted by molar-refractivity contribution is 7.14. The Morgan fingerprint density at radius 1 is 1.32 bits per heavy atom. The van der Waals surface area contributed by atoms with E-state index in [1.807, 2.05) is 6.92 Å². The van der Waals surface area contributed by atoms with Gasteiger partial charge in [0, 0.05) is 22.2 Å². The Hall–Kier alpha value is -2.84. The Bertz CT molecular complexity index is 1010. The van der Waals surface area contributed by atoms with Crippen LogP contribution in [0.25, 0.3) is 11.3 Å². The van der Waals surface area contributed by atoms with Crippen molar-refractivity contribution in [1.82, 2.24) is 9.97 Å². The minimum absolute atomic E-state index is 0.321. The summed E-state index contributed by atoms with van der Waals surface area (Å²) in [6.45, 7) is 3.52. The quantitative estimate of drug-likeness (QED) is 0.581. The summed E-state index contributed by atoms with van der Waals surface area (Å²) in [7, 11) is 1.31. The fourth-order valence-corrected chi connectivity index (χ4v) is 3.23. The molecule has 0 radical (unpaired) electrons. The number of aromatic amines is 1. The topological polar surface area (TPSA) is 93.3 Å². The number of methoxy groups -OCH3 is 1. The van der Waals surface area contributed by atoms with Gasteiger partial charge >= 0.3 is 5.97 Å². The lowest BCUT2D eigenvalue weighted by molar-refractivity contribution is -0.122. The van der Waals surface area contributed by atoms with Crippen LogP contribution in [-0.2, 0) is 9.53 Å². The molecular weight excluding hydrogens is 402 g/mol. The third kappa shape index (κ3) is 4.52. The summed E-state index contributed by atoms with van der Waals surface area (Å²) in [4.78, 5) is 31.1. The maximum atomic E-state index is 12.4. The van der Waals surface area contributed by atoms with Gasteiger partial charge in [0.25, 0.3) is 5.91 Å². The fourth-order valence-electron chi connectivity index (χ4n) is 2.39. The Kier molecular flexibility index (Phi) is 6.01. The van der Waals surface area contributed by atoms with Crippen molar-refractivity contribution in [3.8, 4) is 17.0 Å². The number of thiazole rings is 1. The number of aryl methyl sites for hydroxylation is 1. The third-order valence-electron chi connectivity index (χ3n) is 3.93. The zero-order valence-corrected chi connectivity index (χ0v) is 17.0. The molecule has 0 fully saturated rings. The van der Waals surface area contributed by atoms with Crippen molar-refractivity contribution in [2.45, 2.75) is 20.0 Å². The molecule has 2 N–H and O–H groups in total. The number of rotatable bonds is 6. The molecule has 3 aromatic rings. The molecule has 2 aromatic heterocycles. The summed E-state index contributed by atoms with van der Waals surface area (Å²) in [6.07, 6.45) is 0.938. The van der Waals surface area contributed by atoms with E-state index in [1.54, 1.807) is 42.8 Å². The molecule has 2 heterocycles. The second-order valence-electron chi connectivity index (χ2n) is 5.99. The molecule has 1 atom stereocenters. The number of amides is 1. The van der Waals surface area contributed by atoms with Gasteiger partial charge in [0.1, 0.15) is 11.4 Å². The Morgan fingerprint density at radius 3 is 2.82 bits per heavy atom. The molecule has 0 aliphatic carbocycles. The monoisotopic (exact) mass is 419 g/mol. The number of H-pyrrole nitrogens is 1. The number of anilines is 1. The molecule has 0 spiro atoms. The second kappa shape index (κ2) is 8.45. The number of esters is 1. The number of carbonyl (C=O) groups excluding carboxylic acids is 2. The molecule has 0 bridgehead atoms. The highest BCUT2D eigenvalue weighted by Crippen LogP contribution is 2.26. The molecule has 0 saturated heterocycles. The van der Waals surface area contributed by atoms with Crippen molar-refractivity contribution in [2.24, 2.45) is 0 Å². The molecule has 3 rings (SSSR count). The van der Waals surface area contributed by atoms with E-state index in [0.717, 1.165) is 11.1 Å². The first-order chi connectivity index (χ1) is 13.4. The molecule has 0 aliphatic rings. The van der Waals surface area contributed by atoms with Gasteiger partial charge in [-0.15, -0.1) is 11.3 Å². The Labute approximate surface area is 170 Å². The lowest BCUT2D eigenvalue weighted by atomic mass is 10.2. The number of carbonyl (C=O) groups is 2. The summed E-state index contributed by atoms with van der Waals surface area (Å²) < 4.78 is 10.3. The molecule has 7 nitrogen and oxygen atoms in total. The van der Waals surface area contributed by atoms with E-state index in [0.29, 0.717) is 27.3 Å². The number of aromatic nitrogens is 2. The first-order valence-electron chi connectivity index (χ1n) is 8.33. The minimum atomic E-state index is -0.717. The number of hydrogen-bond acceptors (Lipinski definition) is 6. The van der Waals surface area contributed by atoms with Crippen molar-refractivity contribution in [3.63, 3.8) is 0 Å². The van der Waals surface area contributed by atoms with Gasteiger partial charge in [-0.25, -0.2) is 9.78 Å². The highest BCUT2D eigenvalue weighted by atomic mass is 35.5. The van der Waals surface area contributed by atoms with Crippen molar-refractivity contribution >= 4 is 39.9 Å². The number of benzene rings is 1. The first kappa shape index (κ1) is 19.9. The Morgan fingerprint density at radius 2 is 2.11 bits per heavy atom. The van der Waals surface area contributed by atoms with E-state index in [4.69, 9.17) is 16.3 Å². The third-order valence-corrected chi connectivity index (χ3v) is 5.11. The van der Waals surface area contributed by atoms with Gasteiger partial charge in [-0.1, -0.05) is 11.6 Å². The normalized spacial score (nSPS) is 11.7. The average Bonchev–Trinajstić information content (AvgIpc) is 3.33. The predicted molar refractivity (Wildman–Crippen MR) is 108 cm³/mol. The van der Waals surface area contributed by atoms with Crippen LogP contribution >= 0.6 is 22.9 Å². The number of nitrogens with zero attached hydrogens (tertiary/aromatic N) is 1. The molecule has 146 valence electrons. The molecule has 1 aromatic carbocycles. The molecule has 9 heteroatoms. The summed E-state index contributed by atoms with van der Waals surface area (Å²) in [5, 5.41) is 5.59. The van der Waals surface area contributed by atoms with Gasteiger partial charge in [-0.2, -0.15) is 0 Å². The van der Waals surface area contributed by atoms with Crippen LogP contribution in [0, 0.1) is 6.92 Å². The van der Waals surface area contributed by atoms with E-state index in [-0.39, 0.29) is 5.91 Å². The van der Waals surface area contributed by atoms with Crippen LogP contribution in [0.2, 0.25) is 5.02 Å². The minimum Gasteiger partial charge on any atom is -0.481 e. The molecule has 1 amide bonds. The van der Waals surface area contributed by atoms with Crippen molar-refractivity contribution in [3.05, 3.63) is 52.1 Å². The second-order valence-corrected chi connectivity index (χ2v) is 7.26. The largest absolute Gasteiger partial charge is 0.481 e. The van der Waals surface area contributed by atoms with Crippen molar-refractivity contribution in [2.75, 3.05) is 12.4 Å². The van der Waals surface area contributed by atoms with Crippen molar-refractivity contribution < 1.29 is 19.1 Å². The van der Waals surface area contributed by atoms with Crippen LogP contribution in [0.1, 0.15) is 23.0 Å². The predicted octanol–water partition coefficient (Wildman–Crippen LogP) is 4.29. The maximum absolute atomic E-state index is 12.4. The summed E-state index contributed by atoms with van der Waals surface area (Å²) in [5.41, 5.74) is 2.55. The standard InChI is InChI=1S/C19H18ClN3O4S/c1-10-6-13(4-5-14(10)20)27-11(2)17(24)23-19-22-16(9-28-19)12-7-15(21-8-12)18(25)26-3/h4-9,11,21H,1-3H3,(H,22,23,24). The molecule has 0 saturated carbocycles.